The van der Waals surface area contributed by atoms with E-state index in [9.17, 15) is 25.0 Å². The third-order valence-corrected chi connectivity index (χ3v) is 4.53. The van der Waals surface area contributed by atoms with Crippen molar-refractivity contribution < 1.29 is 19.4 Å². The zero-order valence-corrected chi connectivity index (χ0v) is 13.4. The summed E-state index contributed by atoms with van der Waals surface area (Å²) >= 11 is 1.18. The molecule has 8 nitrogen and oxygen atoms in total. The number of fused-ring (bicyclic) bond motifs is 1. The van der Waals surface area contributed by atoms with Gasteiger partial charge in [-0.15, -0.1) is 11.3 Å². The number of nitro groups is 2. The van der Waals surface area contributed by atoms with Crippen LogP contribution in [-0.2, 0) is 11.3 Å². The average Bonchev–Trinajstić information content (AvgIpc) is 3.03. The highest BCUT2D eigenvalue weighted by atomic mass is 32.1. The summed E-state index contributed by atoms with van der Waals surface area (Å²) in [6, 6.07) is 11.6. The number of ether oxygens (including phenoxy) is 1. The summed E-state index contributed by atoms with van der Waals surface area (Å²) in [4.78, 5) is 32.8. The Labute approximate surface area is 144 Å². The number of nitro benzene ring substituents is 2. The number of hydrogen-bond acceptors (Lipinski definition) is 7. The highest BCUT2D eigenvalue weighted by molar-refractivity contribution is 7.20. The number of benzene rings is 2. The van der Waals surface area contributed by atoms with Crippen LogP contribution in [0.2, 0.25) is 0 Å². The molecule has 1 aromatic heterocycles. The molecule has 0 aliphatic heterocycles. The van der Waals surface area contributed by atoms with Crippen LogP contribution in [0.3, 0.4) is 0 Å². The maximum Gasteiger partial charge on any atom is 0.348 e. The average molecular weight is 358 g/mol. The van der Waals surface area contributed by atoms with Gasteiger partial charge >= 0.3 is 5.97 Å². The Morgan fingerprint density at radius 1 is 0.960 bits per heavy atom. The van der Waals surface area contributed by atoms with Gasteiger partial charge in [-0.1, -0.05) is 0 Å². The first-order chi connectivity index (χ1) is 11.9. The van der Waals surface area contributed by atoms with Crippen molar-refractivity contribution in [2.75, 3.05) is 0 Å². The van der Waals surface area contributed by atoms with Crippen LogP contribution in [-0.4, -0.2) is 15.8 Å². The van der Waals surface area contributed by atoms with E-state index in [0.29, 0.717) is 15.8 Å². The molecule has 0 spiro atoms. The molecule has 0 atom stereocenters. The maximum absolute atomic E-state index is 12.1. The summed E-state index contributed by atoms with van der Waals surface area (Å²) < 4.78 is 5.93. The molecule has 25 heavy (non-hydrogen) atoms. The van der Waals surface area contributed by atoms with Gasteiger partial charge in [0.2, 0.25) is 0 Å². The molecule has 3 rings (SSSR count). The van der Waals surface area contributed by atoms with Gasteiger partial charge in [0.05, 0.1) is 9.85 Å². The third kappa shape index (κ3) is 3.61. The zero-order valence-electron chi connectivity index (χ0n) is 12.6. The van der Waals surface area contributed by atoms with Gasteiger partial charge in [0, 0.05) is 34.4 Å². The molecule has 9 heteroatoms. The molecule has 0 saturated carbocycles. The van der Waals surface area contributed by atoms with Gasteiger partial charge in [-0.05, 0) is 29.8 Å². The highest BCUT2D eigenvalue weighted by Gasteiger charge is 2.15. The predicted molar refractivity (Wildman–Crippen MR) is 90.7 cm³/mol. The fraction of sp³-hybridized carbons (Fsp3) is 0.0625. The minimum atomic E-state index is -0.554. The Balaban J connectivity index is 1.71. The Morgan fingerprint density at radius 2 is 1.60 bits per heavy atom. The fourth-order valence-electron chi connectivity index (χ4n) is 2.18. The van der Waals surface area contributed by atoms with Crippen molar-refractivity contribution in [1.82, 2.24) is 0 Å². The van der Waals surface area contributed by atoms with E-state index < -0.39 is 15.8 Å². The van der Waals surface area contributed by atoms with Crippen molar-refractivity contribution in [3.8, 4) is 0 Å². The molecule has 0 radical (unpaired) electrons. The first-order valence-electron chi connectivity index (χ1n) is 7.02. The summed E-state index contributed by atoms with van der Waals surface area (Å²) in [5, 5.41) is 22.0. The number of non-ortho nitro benzene ring substituents is 2. The Morgan fingerprint density at radius 3 is 2.24 bits per heavy atom. The molecule has 126 valence electrons. The van der Waals surface area contributed by atoms with Crippen molar-refractivity contribution >= 4 is 38.8 Å². The Hall–Kier alpha value is -3.33. The SMILES string of the molecule is O=C(OCc1ccc([N+](=O)[O-])cc1)c1cc2cc([N+](=O)[O-])ccc2s1. The highest BCUT2D eigenvalue weighted by Crippen LogP contribution is 2.29. The van der Waals surface area contributed by atoms with Crippen LogP contribution in [0.25, 0.3) is 10.1 Å². The molecule has 3 aromatic rings. The van der Waals surface area contributed by atoms with Crippen LogP contribution in [0.1, 0.15) is 15.2 Å². The number of carbonyl (C=O) groups is 1. The molecular formula is C16H10N2O6S. The quantitative estimate of drug-likeness (QED) is 0.386. The molecule has 0 unspecified atom stereocenters. The molecule has 0 saturated heterocycles. The number of esters is 1. The standard InChI is InChI=1S/C16H10N2O6S/c19-16(24-9-10-1-3-12(4-2-10)17(20)21)15-8-11-7-13(18(22)23)5-6-14(11)25-15/h1-8H,9H2. The van der Waals surface area contributed by atoms with Gasteiger partial charge < -0.3 is 4.74 Å². The van der Waals surface area contributed by atoms with E-state index in [4.69, 9.17) is 4.74 Å². The monoisotopic (exact) mass is 358 g/mol. The van der Waals surface area contributed by atoms with E-state index in [2.05, 4.69) is 0 Å². The van der Waals surface area contributed by atoms with Crippen LogP contribution in [0.5, 0.6) is 0 Å². The van der Waals surface area contributed by atoms with Crippen molar-refractivity contribution in [3.05, 3.63) is 79.2 Å². The second-order valence-corrected chi connectivity index (χ2v) is 6.17. The summed E-state index contributed by atoms with van der Waals surface area (Å²) in [5.41, 5.74) is 0.535. The Bertz CT molecular complexity index is 980. The van der Waals surface area contributed by atoms with Crippen molar-refractivity contribution in [3.63, 3.8) is 0 Å². The molecule has 0 bridgehead atoms. The lowest BCUT2D eigenvalue weighted by molar-refractivity contribution is -0.385. The summed E-state index contributed by atoms with van der Waals surface area (Å²) in [6.07, 6.45) is 0. The minimum absolute atomic E-state index is 0.0226. The molecule has 0 aliphatic rings. The van der Waals surface area contributed by atoms with Gasteiger partial charge in [0.25, 0.3) is 11.4 Å². The van der Waals surface area contributed by atoms with E-state index in [0.717, 1.165) is 4.70 Å². The van der Waals surface area contributed by atoms with E-state index in [1.165, 1.54) is 47.7 Å². The van der Waals surface area contributed by atoms with Crippen LogP contribution >= 0.6 is 11.3 Å². The van der Waals surface area contributed by atoms with Crippen molar-refractivity contribution in [2.45, 2.75) is 6.61 Å². The molecule has 0 amide bonds. The molecule has 2 aromatic carbocycles. The van der Waals surface area contributed by atoms with Crippen LogP contribution in [0, 0.1) is 20.2 Å². The van der Waals surface area contributed by atoms with E-state index >= 15 is 0 Å². The minimum Gasteiger partial charge on any atom is -0.457 e. The predicted octanol–water partition coefficient (Wildman–Crippen LogP) is 4.07. The molecule has 0 fully saturated rings. The topological polar surface area (TPSA) is 113 Å². The number of rotatable bonds is 5. The normalized spacial score (nSPS) is 10.6. The smallest absolute Gasteiger partial charge is 0.348 e. The first-order valence-corrected chi connectivity index (χ1v) is 7.84. The largest absolute Gasteiger partial charge is 0.457 e. The van der Waals surface area contributed by atoms with Crippen LogP contribution in [0.4, 0.5) is 11.4 Å². The Kier molecular flexibility index (Phi) is 4.40. The number of carbonyl (C=O) groups excluding carboxylic acids is 1. The summed E-state index contributed by atoms with van der Waals surface area (Å²) in [6.45, 7) is -0.0226. The van der Waals surface area contributed by atoms with Crippen LogP contribution < -0.4 is 0 Å². The molecule has 0 aliphatic carbocycles. The van der Waals surface area contributed by atoms with Gasteiger partial charge in [0.15, 0.2) is 0 Å². The molecular weight excluding hydrogens is 348 g/mol. The second kappa shape index (κ2) is 6.65. The summed E-state index contributed by atoms with van der Waals surface area (Å²) in [7, 11) is 0. The summed E-state index contributed by atoms with van der Waals surface area (Å²) in [5.74, 6) is -0.554. The number of nitrogens with zero attached hydrogens (tertiary/aromatic N) is 2. The molecule has 0 N–H and O–H groups in total. The van der Waals surface area contributed by atoms with E-state index in [1.807, 2.05) is 0 Å². The van der Waals surface area contributed by atoms with E-state index in [1.54, 1.807) is 12.1 Å². The number of thiophene rings is 1. The zero-order chi connectivity index (χ0) is 18.0. The lowest BCUT2D eigenvalue weighted by atomic mass is 10.2. The fourth-order valence-corrected chi connectivity index (χ4v) is 3.12. The third-order valence-electron chi connectivity index (χ3n) is 3.43. The van der Waals surface area contributed by atoms with E-state index in [-0.39, 0.29) is 18.0 Å². The van der Waals surface area contributed by atoms with Crippen molar-refractivity contribution in [2.24, 2.45) is 0 Å². The van der Waals surface area contributed by atoms with Crippen LogP contribution in [0.15, 0.2) is 48.5 Å². The lowest BCUT2D eigenvalue weighted by Gasteiger charge is -2.03. The van der Waals surface area contributed by atoms with Gasteiger partial charge in [-0.3, -0.25) is 20.2 Å². The second-order valence-electron chi connectivity index (χ2n) is 5.09. The van der Waals surface area contributed by atoms with Gasteiger partial charge in [-0.2, -0.15) is 0 Å². The van der Waals surface area contributed by atoms with Crippen molar-refractivity contribution in [1.29, 1.82) is 0 Å². The molecule has 1 heterocycles. The first kappa shape index (κ1) is 16.5. The number of hydrogen-bond donors (Lipinski definition) is 0. The van der Waals surface area contributed by atoms with Gasteiger partial charge in [-0.25, -0.2) is 4.79 Å². The lowest BCUT2D eigenvalue weighted by Crippen LogP contribution is -2.03. The maximum atomic E-state index is 12.1. The van der Waals surface area contributed by atoms with Gasteiger partial charge in [0.1, 0.15) is 11.5 Å².